The number of benzene rings is 1. The molecule has 0 heterocycles. The molecule has 5 heteroatoms. The predicted octanol–water partition coefficient (Wildman–Crippen LogP) is 2.55. The number of thioether (sulfide) groups is 1. The summed E-state index contributed by atoms with van der Waals surface area (Å²) in [6.45, 7) is 2.51. The molecule has 18 heavy (non-hydrogen) atoms. The Kier molecular flexibility index (Phi) is 8.46. The topological polar surface area (TPSA) is 41.5 Å². The largest absolute Gasteiger partial charge is 0.396 e. The molecule has 102 valence electrons. The molecule has 0 spiro atoms. The molecule has 0 saturated heterocycles. The lowest BCUT2D eigenvalue weighted by atomic mass is 10.2. The average molecular weight is 290 g/mol. The number of rotatable bonds is 9. The van der Waals surface area contributed by atoms with Crippen molar-refractivity contribution in [2.45, 2.75) is 17.9 Å². The van der Waals surface area contributed by atoms with E-state index in [0.717, 1.165) is 40.7 Å². The number of nitrogens with one attached hydrogen (secondary N) is 1. The highest BCUT2D eigenvalue weighted by molar-refractivity contribution is 7.99. The van der Waals surface area contributed by atoms with E-state index in [1.54, 1.807) is 18.9 Å². The fraction of sp³-hybridized carbons (Fsp3) is 0.538. The van der Waals surface area contributed by atoms with Gasteiger partial charge in [0.15, 0.2) is 0 Å². The van der Waals surface area contributed by atoms with Gasteiger partial charge in [-0.25, -0.2) is 0 Å². The molecule has 0 bridgehead atoms. The van der Waals surface area contributed by atoms with Crippen LogP contribution in [-0.2, 0) is 11.3 Å². The second-order valence-corrected chi connectivity index (χ2v) is 5.42. The molecule has 0 fully saturated rings. The number of halogens is 1. The van der Waals surface area contributed by atoms with E-state index in [-0.39, 0.29) is 6.61 Å². The van der Waals surface area contributed by atoms with Crippen LogP contribution in [-0.4, -0.2) is 37.7 Å². The van der Waals surface area contributed by atoms with Crippen molar-refractivity contribution in [1.29, 1.82) is 0 Å². The van der Waals surface area contributed by atoms with Gasteiger partial charge in [-0.05, 0) is 24.1 Å². The molecule has 0 atom stereocenters. The Morgan fingerprint density at radius 3 is 2.94 bits per heavy atom. The predicted molar refractivity (Wildman–Crippen MR) is 77.5 cm³/mol. The highest BCUT2D eigenvalue weighted by atomic mass is 35.5. The molecule has 0 amide bonds. The summed E-state index contributed by atoms with van der Waals surface area (Å²) in [4.78, 5) is 1.15. The number of hydrogen-bond donors (Lipinski definition) is 2. The van der Waals surface area contributed by atoms with E-state index in [4.69, 9.17) is 21.4 Å². The molecule has 0 aliphatic carbocycles. The molecule has 0 unspecified atom stereocenters. The van der Waals surface area contributed by atoms with Crippen LogP contribution in [0.15, 0.2) is 23.1 Å². The molecule has 1 aromatic carbocycles. The van der Waals surface area contributed by atoms with Gasteiger partial charge in [0, 0.05) is 42.5 Å². The lowest BCUT2D eigenvalue weighted by Gasteiger charge is -2.08. The summed E-state index contributed by atoms with van der Waals surface area (Å²) >= 11 is 7.94. The van der Waals surface area contributed by atoms with Crippen molar-refractivity contribution in [2.75, 3.05) is 32.6 Å². The van der Waals surface area contributed by atoms with Gasteiger partial charge in [-0.3, -0.25) is 0 Å². The van der Waals surface area contributed by atoms with Gasteiger partial charge < -0.3 is 15.2 Å². The maximum atomic E-state index is 8.73. The van der Waals surface area contributed by atoms with E-state index in [9.17, 15) is 0 Å². The van der Waals surface area contributed by atoms with Crippen LogP contribution in [0.3, 0.4) is 0 Å². The second-order valence-electron chi connectivity index (χ2n) is 3.85. The SMILES string of the molecule is COCCNCc1ccc(SCCCO)cc1Cl. The van der Waals surface area contributed by atoms with Gasteiger partial charge in [0.25, 0.3) is 0 Å². The number of ether oxygens (including phenoxy) is 1. The van der Waals surface area contributed by atoms with Gasteiger partial charge in [0.2, 0.25) is 0 Å². The normalized spacial score (nSPS) is 10.8. The molecule has 0 aliphatic heterocycles. The van der Waals surface area contributed by atoms with Crippen molar-refractivity contribution in [3.8, 4) is 0 Å². The van der Waals surface area contributed by atoms with Crippen LogP contribution >= 0.6 is 23.4 Å². The Bertz CT molecular complexity index is 350. The molecule has 3 nitrogen and oxygen atoms in total. The molecule has 0 aromatic heterocycles. The van der Waals surface area contributed by atoms with Crippen LogP contribution in [0.2, 0.25) is 5.02 Å². The Balaban J connectivity index is 2.41. The summed E-state index contributed by atoms with van der Waals surface area (Å²) in [5.74, 6) is 0.915. The molecule has 0 aliphatic rings. The first kappa shape index (κ1) is 15.8. The zero-order valence-electron chi connectivity index (χ0n) is 10.6. The molecule has 0 saturated carbocycles. The Hall–Kier alpha value is -0.260. The Morgan fingerprint density at radius 1 is 1.44 bits per heavy atom. The molecule has 1 aromatic rings. The zero-order valence-corrected chi connectivity index (χ0v) is 12.2. The van der Waals surface area contributed by atoms with Gasteiger partial charge in [-0.15, -0.1) is 11.8 Å². The maximum absolute atomic E-state index is 8.73. The second kappa shape index (κ2) is 9.64. The van der Waals surface area contributed by atoms with Crippen molar-refractivity contribution in [2.24, 2.45) is 0 Å². The van der Waals surface area contributed by atoms with Gasteiger partial charge in [0.05, 0.1) is 6.61 Å². The summed E-state index contributed by atoms with van der Waals surface area (Å²) in [6.07, 6.45) is 0.808. The first-order chi connectivity index (χ1) is 8.77. The third-order valence-electron chi connectivity index (χ3n) is 2.39. The van der Waals surface area contributed by atoms with E-state index >= 15 is 0 Å². The Morgan fingerprint density at radius 2 is 2.28 bits per heavy atom. The summed E-state index contributed by atoms with van der Waals surface area (Å²) in [7, 11) is 1.69. The minimum atomic E-state index is 0.238. The minimum Gasteiger partial charge on any atom is -0.396 e. The van der Waals surface area contributed by atoms with Crippen LogP contribution in [0.25, 0.3) is 0 Å². The summed E-state index contributed by atoms with van der Waals surface area (Å²) in [6, 6.07) is 6.10. The molecule has 1 rings (SSSR count). The van der Waals surface area contributed by atoms with Crippen molar-refractivity contribution in [3.63, 3.8) is 0 Å². The fourth-order valence-electron chi connectivity index (χ4n) is 1.41. The lowest BCUT2D eigenvalue weighted by molar-refractivity contribution is 0.199. The van der Waals surface area contributed by atoms with Gasteiger partial charge in [0.1, 0.15) is 0 Å². The summed E-state index contributed by atoms with van der Waals surface area (Å²) in [5, 5.41) is 12.8. The molecular weight excluding hydrogens is 270 g/mol. The summed E-state index contributed by atoms with van der Waals surface area (Å²) < 4.78 is 4.96. The highest BCUT2D eigenvalue weighted by Crippen LogP contribution is 2.25. The van der Waals surface area contributed by atoms with E-state index in [1.807, 2.05) is 12.1 Å². The van der Waals surface area contributed by atoms with E-state index < -0.39 is 0 Å². The Labute approximate surface area is 118 Å². The first-order valence-corrected chi connectivity index (χ1v) is 7.36. The zero-order chi connectivity index (χ0) is 13.2. The number of hydrogen-bond acceptors (Lipinski definition) is 4. The monoisotopic (exact) mass is 289 g/mol. The lowest BCUT2D eigenvalue weighted by Crippen LogP contribution is -2.18. The first-order valence-electron chi connectivity index (χ1n) is 5.99. The third-order valence-corrected chi connectivity index (χ3v) is 3.83. The van der Waals surface area contributed by atoms with Crippen LogP contribution in [0.4, 0.5) is 0 Å². The van der Waals surface area contributed by atoms with Crippen LogP contribution < -0.4 is 5.32 Å². The van der Waals surface area contributed by atoms with Crippen molar-refractivity contribution in [1.82, 2.24) is 5.32 Å². The number of methoxy groups -OCH3 is 1. The van der Waals surface area contributed by atoms with Crippen molar-refractivity contribution >= 4 is 23.4 Å². The maximum Gasteiger partial charge on any atom is 0.0587 e. The van der Waals surface area contributed by atoms with Crippen molar-refractivity contribution < 1.29 is 9.84 Å². The third kappa shape index (κ3) is 6.07. The summed E-state index contributed by atoms with van der Waals surface area (Å²) in [5.41, 5.74) is 1.10. The van der Waals surface area contributed by atoms with Gasteiger partial charge >= 0.3 is 0 Å². The molecule has 0 radical (unpaired) electrons. The van der Waals surface area contributed by atoms with E-state index in [2.05, 4.69) is 11.4 Å². The highest BCUT2D eigenvalue weighted by Gasteiger charge is 2.02. The molecule has 2 N–H and O–H groups in total. The quantitative estimate of drug-likeness (QED) is 0.541. The fourth-order valence-corrected chi connectivity index (χ4v) is 2.60. The number of aliphatic hydroxyl groups excluding tert-OH is 1. The standard InChI is InChI=1S/C13H20ClNO2S/c1-17-7-5-15-10-11-3-4-12(9-13(11)14)18-8-2-6-16/h3-4,9,15-16H,2,5-8,10H2,1H3. The van der Waals surface area contributed by atoms with Crippen LogP contribution in [0, 0.1) is 0 Å². The minimum absolute atomic E-state index is 0.238. The van der Waals surface area contributed by atoms with Gasteiger partial charge in [-0.1, -0.05) is 17.7 Å². The number of aliphatic hydroxyl groups is 1. The van der Waals surface area contributed by atoms with Crippen LogP contribution in [0.5, 0.6) is 0 Å². The van der Waals surface area contributed by atoms with Gasteiger partial charge in [-0.2, -0.15) is 0 Å². The van der Waals surface area contributed by atoms with Crippen LogP contribution in [0.1, 0.15) is 12.0 Å². The smallest absolute Gasteiger partial charge is 0.0587 e. The van der Waals surface area contributed by atoms with E-state index in [0.29, 0.717) is 6.61 Å². The molecular formula is C13H20ClNO2S. The van der Waals surface area contributed by atoms with E-state index in [1.165, 1.54) is 0 Å². The average Bonchev–Trinajstić information content (AvgIpc) is 2.37. The van der Waals surface area contributed by atoms with Crippen molar-refractivity contribution in [3.05, 3.63) is 28.8 Å².